The standard InChI is InChI=1S/C16H16FNO4S/c1-21-16-7-6-11(10-13(16)17)23(19,20)18-14-8-9-22-15-5-3-2-4-12(14)15/h2-7,10,14,18H,8-9H2,1H3/t14-/m0/s1. The molecule has 0 fully saturated rings. The summed E-state index contributed by atoms with van der Waals surface area (Å²) >= 11 is 0. The summed E-state index contributed by atoms with van der Waals surface area (Å²) in [7, 11) is -2.53. The van der Waals surface area contributed by atoms with Gasteiger partial charge in [-0.25, -0.2) is 17.5 Å². The summed E-state index contributed by atoms with van der Waals surface area (Å²) in [6, 6.07) is 10.4. The molecule has 1 heterocycles. The second-order valence-electron chi connectivity index (χ2n) is 5.15. The predicted octanol–water partition coefficient (Wildman–Crippen LogP) is 2.64. The minimum atomic E-state index is -3.85. The van der Waals surface area contributed by atoms with Crippen LogP contribution >= 0.6 is 0 Å². The van der Waals surface area contributed by atoms with E-state index in [2.05, 4.69) is 4.72 Å². The normalized spacial score (nSPS) is 17.2. The van der Waals surface area contributed by atoms with Gasteiger partial charge in [-0.3, -0.25) is 0 Å². The topological polar surface area (TPSA) is 64.6 Å². The molecule has 0 saturated carbocycles. The lowest BCUT2D eigenvalue weighted by Gasteiger charge is -2.26. The Morgan fingerprint density at radius 1 is 1.26 bits per heavy atom. The van der Waals surface area contributed by atoms with Gasteiger partial charge in [-0.2, -0.15) is 0 Å². The zero-order chi connectivity index (χ0) is 16.4. The summed E-state index contributed by atoms with van der Waals surface area (Å²) in [5.41, 5.74) is 0.774. The number of rotatable bonds is 4. The van der Waals surface area contributed by atoms with Crippen molar-refractivity contribution < 1.29 is 22.3 Å². The predicted molar refractivity (Wildman–Crippen MR) is 82.6 cm³/mol. The lowest BCUT2D eigenvalue weighted by molar-refractivity contribution is 0.263. The summed E-state index contributed by atoms with van der Waals surface area (Å²) in [5.74, 6) is -0.0597. The van der Waals surface area contributed by atoms with Crippen molar-refractivity contribution in [1.29, 1.82) is 0 Å². The highest BCUT2D eigenvalue weighted by Crippen LogP contribution is 2.33. The average molecular weight is 337 g/mol. The fraction of sp³-hybridized carbons (Fsp3) is 0.250. The number of methoxy groups -OCH3 is 1. The fourth-order valence-corrected chi connectivity index (χ4v) is 3.80. The van der Waals surface area contributed by atoms with Gasteiger partial charge < -0.3 is 9.47 Å². The van der Waals surface area contributed by atoms with E-state index in [0.717, 1.165) is 11.6 Å². The Bertz CT molecular complexity index is 823. The molecule has 7 heteroatoms. The maximum atomic E-state index is 13.8. The van der Waals surface area contributed by atoms with Crippen molar-refractivity contribution in [2.24, 2.45) is 0 Å². The number of sulfonamides is 1. The molecule has 0 unspecified atom stereocenters. The smallest absolute Gasteiger partial charge is 0.241 e. The molecule has 0 aliphatic carbocycles. The van der Waals surface area contributed by atoms with Crippen LogP contribution in [0.4, 0.5) is 4.39 Å². The van der Waals surface area contributed by atoms with Gasteiger partial charge in [-0.15, -0.1) is 0 Å². The number of halogens is 1. The van der Waals surface area contributed by atoms with Crippen LogP contribution in [0, 0.1) is 5.82 Å². The third-order valence-corrected chi connectivity index (χ3v) is 5.16. The molecular formula is C16H16FNO4S. The van der Waals surface area contributed by atoms with E-state index in [1.165, 1.54) is 19.2 Å². The van der Waals surface area contributed by atoms with Crippen molar-refractivity contribution in [1.82, 2.24) is 4.72 Å². The lowest BCUT2D eigenvalue weighted by atomic mass is 10.0. The van der Waals surface area contributed by atoms with E-state index < -0.39 is 21.9 Å². The zero-order valence-corrected chi connectivity index (χ0v) is 13.3. The monoisotopic (exact) mass is 337 g/mol. The third-order valence-electron chi connectivity index (χ3n) is 3.69. The van der Waals surface area contributed by atoms with Crippen LogP contribution in [0.5, 0.6) is 11.5 Å². The van der Waals surface area contributed by atoms with Crippen LogP contribution in [0.1, 0.15) is 18.0 Å². The molecule has 5 nitrogen and oxygen atoms in total. The van der Waals surface area contributed by atoms with E-state index >= 15 is 0 Å². The van der Waals surface area contributed by atoms with Crippen molar-refractivity contribution in [3.8, 4) is 11.5 Å². The molecule has 0 spiro atoms. The molecule has 1 aliphatic rings. The van der Waals surface area contributed by atoms with Crippen LogP contribution in [0.2, 0.25) is 0 Å². The molecule has 1 aliphatic heterocycles. The van der Waals surface area contributed by atoms with Gasteiger partial charge in [0.2, 0.25) is 10.0 Å². The van der Waals surface area contributed by atoms with Gasteiger partial charge in [0.15, 0.2) is 11.6 Å². The van der Waals surface area contributed by atoms with E-state index in [-0.39, 0.29) is 10.6 Å². The first-order chi connectivity index (χ1) is 11.0. The van der Waals surface area contributed by atoms with Crippen LogP contribution in [0.25, 0.3) is 0 Å². The number of hydrogen-bond donors (Lipinski definition) is 1. The fourth-order valence-electron chi connectivity index (χ4n) is 2.53. The molecule has 0 saturated heterocycles. The lowest BCUT2D eigenvalue weighted by Crippen LogP contribution is -2.32. The third kappa shape index (κ3) is 3.16. The highest BCUT2D eigenvalue weighted by molar-refractivity contribution is 7.89. The first kappa shape index (κ1) is 15.8. The molecule has 0 radical (unpaired) electrons. The average Bonchev–Trinajstić information content (AvgIpc) is 2.55. The Morgan fingerprint density at radius 3 is 2.78 bits per heavy atom. The number of benzene rings is 2. The molecule has 2 aromatic carbocycles. The van der Waals surface area contributed by atoms with E-state index in [9.17, 15) is 12.8 Å². The van der Waals surface area contributed by atoms with Gasteiger partial charge in [-0.05, 0) is 24.3 Å². The second kappa shape index (κ2) is 6.17. The first-order valence-corrected chi connectivity index (χ1v) is 8.57. The Labute approximate surface area is 134 Å². The maximum absolute atomic E-state index is 13.8. The number of fused-ring (bicyclic) bond motifs is 1. The number of nitrogens with one attached hydrogen (secondary N) is 1. The highest BCUT2D eigenvalue weighted by Gasteiger charge is 2.27. The zero-order valence-electron chi connectivity index (χ0n) is 12.5. The largest absolute Gasteiger partial charge is 0.494 e. The van der Waals surface area contributed by atoms with Crippen molar-refractivity contribution >= 4 is 10.0 Å². The van der Waals surface area contributed by atoms with Gasteiger partial charge in [0.05, 0.1) is 24.7 Å². The van der Waals surface area contributed by atoms with Crippen molar-refractivity contribution in [2.75, 3.05) is 13.7 Å². The Hall–Kier alpha value is -2.12. The molecule has 23 heavy (non-hydrogen) atoms. The highest BCUT2D eigenvalue weighted by atomic mass is 32.2. The van der Waals surface area contributed by atoms with Gasteiger partial charge in [0.1, 0.15) is 5.75 Å². The molecule has 2 aromatic rings. The minimum absolute atomic E-state index is 0.000335. The molecule has 1 atom stereocenters. The molecule has 1 N–H and O–H groups in total. The van der Waals surface area contributed by atoms with Crippen molar-refractivity contribution in [3.63, 3.8) is 0 Å². The Balaban J connectivity index is 1.89. The van der Waals surface area contributed by atoms with Crippen LogP contribution in [-0.2, 0) is 10.0 Å². The van der Waals surface area contributed by atoms with E-state index in [1.54, 1.807) is 6.07 Å². The first-order valence-electron chi connectivity index (χ1n) is 7.09. The summed E-state index contributed by atoms with van der Waals surface area (Å²) in [5, 5.41) is 0. The van der Waals surface area contributed by atoms with Crippen molar-refractivity contribution in [3.05, 3.63) is 53.8 Å². The summed E-state index contributed by atoms with van der Waals surface area (Å²) in [6.45, 7) is 0.418. The molecule has 0 aromatic heterocycles. The number of para-hydroxylation sites is 1. The SMILES string of the molecule is COc1ccc(S(=O)(=O)N[C@H]2CCOc3ccccc32)cc1F. The Morgan fingerprint density at radius 2 is 2.04 bits per heavy atom. The quantitative estimate of drug-likeness (QED) is 0.931. The van der Waals surface area contributed by atoms with Crippen LogP contribution in [0.15, 0.2) is 47.4 Å². The molecule has 3 rings (SSSR count). The maximum Gasteiger partial charge on any atom is 0.241 e. The van der Waals surface area contributed by atoms with Gasteiger partial charge >= 0.3 is 0 Å². The number of ether oxygens (including phenoxy) is 2. The van der Waals surface area contributed by atoms with E-state index in [4.69, 9.17) is 9.47 Å². The molecule has 122 valence electrons. The van der Waals surface area contributed by atoms with Crippen molar-refractivity contribution in [2.45, 2.75) is 17.4 Å². The molecular weight excluding hydrogens is 321 g/mol. The second-order valence-corrected chi connectivity index (χ2v) is 6.86. The van der Waals surface area contributed by atoms with Gasteiger partial charge in [0.25, 0.3) is 0 Å². The minimum Gasteiger partial charge on any atom is -0.494 e. The summed E-state index contributed by atoms with van der Waals surface area (Å²) < 4.78 is 51.7. The van der Waals surface area contributed by atoms with E-state index in [1.807, 2.05) is 18.2 Å². The van der Waals surface area contributed by atoms with Crippen LogP contribution in [0.3, 0.4) is 0 Å². The molecule has 0 bridgehead atoms. The Kier molecular flexibility index (Phi) is 4.23. The summed E-state index contributed by atoms with van der Waals surface area (Å²) in [4.78, 5) is -0.139. The van der Waals surface area contributed by atoms with Gasteiger partial charge in [-0.1, -0.05) is 18.2 Å². The van der Waals surface area contributed by atoms with Gasteiger partial charge in [0, 0.05) is 12.0 Å². The van der Waals surface area contributed by atoms with E-state index in [0.29, 0.717) is 18.8 Å². The molecule has 0 amide bonds. The van der Waals surface area contributed by atoms with Crippen LogP contribution in [-0.4, -0.2) is 22.1 Å². The van der Waals surface area contributed by atoms with Crippen LogP contribution < -0.4 is 14.2 Å². The summed E-state index contributed by atoms with van der Waals surface area (Å²) in [6.07, 6.45) is 0.509. The number of hydrogen-bond acceptors (Lipinski definition) is 4.